The monoisotopic (exact) mass is 321 g/mol. The summed E-state index contributed by atoms with van der Waals surface area (Å²) in [5.41, 5.74) is 0.694. The molecule has 2 nitrogen and oxygen atoms in total. The number of halogens is 3. The molecule has 2 aromatic carbocycles. The second kappa shape index (κ2) is 5.88. The molecule has 106 valence electrons. The maximum absolute atomic E-state index is 13.5. The van der Waals surface area contributed by atoms with E-state index < -0.39 is 5.82 Å². The molecule has 1 heterocycles. The Morgan fingerprint density at radius 1 is 1.10 bits per heavy atom. The van der Waals surface area contributed by atoms with E-state index in [1.807, 2.05) is 30.3 Å². The summed E-state index contributed by atoms with van der Waals surface area (Å²) in [4.78, 5) is 4.36. The van der Waals surface area contributed by atoms with Crippen molar-refractivity contribution in [1.29, 1.82) is 0 Å². The zero-order chi connectivity index (χ0) is 14.8. The number of benzene rings is 2. The van der Waals surface area contributed by atoms with Crippen LogP contribution in [0.15, 0.2) is 48.5 Å². The SMILES string of the molecule is Fc1cc(Oc2nc(CCl)cc3ccccc23)ccc1Cl. The molecule has 0 aliphatic heterocycles. The number of hydrogen-bond acceptors (Lipinski definition) is 2. The third-order valence-corrected chi connectivity index (χ3v) is 3.58. The van der Waals surface area contributed by atoms with Crippen LogP contribution in [0.1, 0.15) is 5.69 Å². The lowest BCUT2D eigenvalue weighted by atomic mass is 10.1. The summed E-state index contributed by atoms with van der Waals surface area (Å²) in [6, 6.07) is 13.8. The highest BCUT2D eigenvalue weighted by atomic mass is 35.5. The number of nitrogens with zero attached hydrogens (tertiary/aromatic N) is 1. The van der Waals surface area contributed by atoms with Gasteiger partial charge in [-0.05, 0) is 29.7 Å². The van der Waals surface area contributed by atoms with Crippen molar-refractivity contribution in [3.05, 3.63) is 65.1 Å². The van der Waals surface area contributed by atoms with Gasteiger partial charge in [0.25, 0.3) is 0 Å². The number of rotatable bonds is 3. The largest absolute Gasteiger partial charge is 0.438 e. The molecule has 1 aromatic heterocycles. The first-order valence-electron chi connectivity index (χ1n) is 6.25. The minimum absolute atomic E-state index is 0.0506. The molecular weight excluding hydrogens is 312 g/mol. The van der Waals surface area contributed by atoms with Crippen molar-refractivity contribution in [3.63, 3.8) is 0 Å². The van der Waals surface area contributed by atoms with E-state index in [9.17, 15) is 4.39 Å². The van der Waals surface area contributed by atoms with Gasteiger partial charge in [0.2, 0.25) is 5.88 Å². The number of alkyl halides is 1. The molecule has 0 unspecified atom stereocenters. The van der Waals surface area contributed by atoms with Crippen LogP contribution in [0.5, 0.6) is 11.6 Å². The molecule has 0 amide bonds. The van der Waals surface area contributed by atoms with Crippen molar-refractivity contribution in [2.75, 3.05) is 0 Å². The Hall–Kier alpha value is -1.84. The van der Waals surface area contributed by atoms with E-state index >= 15 is 0 Å². The van der Waals surface area contributed by atoms with E-state index in [0.29, 0.717) is 17.3 Å². The van der Waals surface area contributed by atoms with Crippen LogP contribution in [0.4, 0.5) is 4.39 Å². The van der Waals surface area contributed by atoms with Crippen molar-refractivity contribution in [1.82, 2.24) is 4.98 Å². The topological polar surface area (TPSA) is 22.1 Å². The van der Waals surface area contributed by atoms with Crippen LogP contribution in [-0.2, 0) is 5.88 Å². The molecule has 0 atom stereocenters. The lowest BCUT2D eigenvalue weighted by Crippen LogP contribution is -1.94. The fourth-order valence-electron chi connectivity index (χ4n) is 2.02. The predicted molar refractivity (Wildman–Crippen MR) is 82.8 cm³/mol. The summed E-state index contributed by atoms with van der Waals surface area (Å²) in [7, 11) is 0. The van der Waals surface area contributed by atoms with Gasteiger partial charge >= 0.3 is 0 Å². The highest BCUT2D eigenvalue weighted by Gasteiger charge is 2.09. The lowest BCUT2D eigenvalue weighted by Gasteiger charge is -2.10. The average molecular weight is 322 g/mol. The number of hydrogen-bond donors (Lipinski definition) is 0. The summed E-state index contributed by atoms with van der Waals surface area (Å²) in [5.74, 6) is 0.467. The molecule has 3 rings (SSSR count). The molecule has 21 heavy (non-hydrogen) atoms. The average Bonchev–Trinajstić information content (AvgIpc) is 2.51. The number of pyridine rings is 1. The van der Waals surface area contributed by atoms with Crippen LogP contribution < -0.4 is 4.74 Å². The molecule has 0 saturated carbocycles. The molecule has 5 heteroatoms. The Kier molecular flexibility index (Phi) is 3.95. The number of ether oxygens (including phenoxy) is 1. The van der Waals surface area contributed by atoms with Gasteiger partial charge in [0.1, 0.15) is 11.6 Å². The van der Waals surface area contributed by atoms with Crippen LogP contribution in [0, 0.1) is 5.82 Å². The molecule has 0 saturated heterocycles. The maximum Gasteiger partial charge on any atom is 0.227 e. The summed E-state index contributed by atoms with van der Waals surface area (Å²) in [6.07, 6.45) is 0. The summed E-state index contributed by atoms with van der Waals surface area (Å²) in [5, 5.41) is 1.85. The molecule has 0 spiro atoms. The minimum Gasteiger partial charge on any atom is -0.438 e. The first-order chi connectivity index (χ1) is 10.2. The summed E-state index contributed by atoms with van der Waals surface area (Å²) in [6.45, 7) is 0. The van der Waals surface area contributed by atoms with Gasteiger partial charge in [-0.25, -0.2) is 9.37 Å². The Balaban J connectivity index is 2.08. The quantitative estimate of drug-likeness (QED) is 0.589. The predicted octanol–water partition coefficient (Wildman–Crippen LogP) is 5.56. The second-order valence-corrected chi connectivity index (χ2v) is 5.13. The number of aromatic nitrogens is 1. The molecule has 0 N–H and O–H groups in total. The van der Waals surface area contributed by atoms with Crippen molar-refractivity contribution in [2.45, 2.75) is 5.88 Å². The van der Waals surface area contributed by atoms with Crippen molar-refractivity contribution >= 4 is 34.0 Å². The smallest absolute Gasteiger partial charge is 0.227 e. The fraction of sp³-hybridized carbons (Fsp3) is 0.0625. The fourth-order valence-corrected chi connectivity index (χ4v) is 2.27. The minimum atomic E-state index is -0.535. The Morgan fingerprint density at radius 2 is 1.90 bits per heavy atom. The van der Waals surface area contributed by atoms with Crippen LogP contribution in [-0.4, -0.2) is 4.98 Å². The van der Waals surface area contributed by atoms with E-state index in [0.717, 1.165) is 10.8 Å². The molecule has 0 bridgehead atoms. The highest BCUT2D eigenvalue weighted by molar-refractivity contribution is 6.30. The van der Waals surface area contributed by atoms with E-state index in [1.165, 1.54) is 12.1 Å². The van der Waals surface area contributed by atoms with Gasteiger partial charge in [0.05, 0.1) is 16.6 Å². The van der Waals surface area contributed by atoms with Crippen molar-refractivity contribution < 1.29 is 9.13 Å². The van der Waals surface area contributed by atoms with Gasteiger partial charge in [0, 0.05) is 11.5 Å². The van der Waals surface area contributed by atoms with Gasteiger partial charge < -0.3 is 4.74 Å². The first kappa shape index (κ1) is 14.1. The van der Waals surface area contributed by atoms with Gasteiger partial charge in [0.15, 0.2) is 0 Å². The van der Waals surface area contributed by atoms with E-state index in [1.54, 1.807) is 6.07 Å². The van der Waals surface area contributed by atoms with E-state index in [4.69, 9.17) is 27.9 Å². The summed E-state index contributed by atoms with van der Waals surface area (Å²) >= 11 is 11.5. The second-order valence-electron chi connectivity index (χ2n) is 4.45. The Bertz CT molecular complexity index is 807. The van der Waals surface area contributed by atoms with E-state index in [2.05, 4.69) is 4.98 Å². The zero-order valence-electron chi connectivity index (χ0n) is 10.8. The standard InChI is InChI=1S/C16H10Cl2FNO/c17-9-11-7-10-3-1-2-4-13(10)16(20-11)21-12-5-6-14(18)15(19)8-12/h1-8H,9H2. The van der Waals surface area contributed by atoms with Gasteiger partial charge in [-0.15, -0.1) is 11.6 Å². The molecule has 3 aromatic rings. The molecule has 0 aliphatic rings. The van der Waals surface area contributed by atoms with Crippen LogP contribution >= 0.6 is 23.2 Å². The lowest BCUT2D eigenvalue weighted by molar-refractivity contribution is 0.463. The van der Waals surface area contributed by atoms with Gasteiger partial charge in [-0.3, -0.25) is 0 Å². The van der Waals surface area contributed by atoms with Crippen LogP contribution in [0.3, 0.4) is 0 Å². The molecule has 0 radical (unpaired) electrons. The highest BCUT2D eigenvalue weighted by Crippen LogP contribution is 2.30. The van der Waals surface area contributed by atoms with Gasteiger partial charge in [-0.1, -0.05) is 29.8 Å². The summed E-state index contributed by atoms with van der Waals surface area (Å²) < 4.78 is 19.2. The Labute approximate surface area is 131 Å². The third-order valence-electron chi connectivity index (χ3n) is 3.00. The van der Waals surface area contributed by atoms with Crippen LogP contribution in [0.2, 0.25) is 5.02 Å². The zero-order valence-corrected chi connectivity index (χ0v) is 12.3. The van der Waals surface area contributed by atoms with Crippen molar-refractivity contribution in [3.8, 4) is 11.6 Å². The van der Waals surface area contributed by atoms with Crippen molar-refractivity contribution in [2.24, 2.45) is 0 Å². The maximum atomic E-state index is 13.5. The molecular formula is C16H10Cl2FNO. The third kappa shape index (κ3) is 2.94. The normalized spacial score (nSPS) is 10.8. The first-order valence-corrected chi connectivity index (χ1v) is 7.16. The Morgan fingerprint density at radius 3 is 2.67 bits per heavy atom. The number of fused-ring (bicyclic) bond motifs is 1. The van der Waals surface area contributed by atoms with Gasteiger partial charge in [-0.2, -0.15) is 0 Å². The van der Waals surface area contributed by atoms with E-state index in [-0.39, 0.29) is 10.9 Å². The van der Waals surface area contributed by atoms with Crippen LogP contribution in [0.25, 0.3) is 10.8 Å². The molecule has 0 aliphatic carbocycles. The molecule has 0 fully saturated rings.